The van der Waals surface area contributed by atoms with E-state index in [0.717, 1.165) is 18.5 Å². The zero-order valence-electron chi connectivity index (χ0n) is 13.7. The molecule has 1 amide bonds. The number of carbonyl (C=O) groups excluding carboxylic acids is 1. The Morgan fingerprint density at radius 1 is 1.25 bits per heavy atom. The van der Waals surface area contributed by atoms with Gasteiger partial charge in [-0.1, -0.05) is 30.3 Å². The second-order valence-corrected chi connectivity index (χ2v) is 6.67. The number of fused-ring (bicyclic) bond motifs is 1. The van der Waals surface area contributed by atoms with Crippen molar-refractivity contribution in [2.24, 2.45) is 5.92 Å². The highest BCUT2D eigenvalue weighted by atomic mass is 16.5. The Labute approximate surface area is 140 Å². The highest BCUT2D eigenvalue weighted by Gasteiger charge is 2.43. The number of hydrogen-bond acceptors (Lipinski definition) is 5. The third-order valence-electron chi connectivity index (χ3n) is 4.83. The largest absolute Gasteiger partial charge is 0.426 e. The Bertz CT molecular complexity index is 701. The number of nitrogens with zero attached hydrogens (tertiary/aromatic N) is 3. The number of aryl methyl sites for hydroxylation is 1. The predicted octanol–water partition coefficient (Wildman–Crippen LogP) is 1.78. The van der Waals surface area contributed by atoms with Crippen LogP contribution in [0.1, 0.15) is 23.8 Å². The number of carbonyl (C=O) groups is 1. The van der Waals surface area contributed by atoms with E-state index in [-0.39, 0.29) is 18.1 Å². The van der Waals surface area contributed by atoms with Gasteiger partial charge < -0.3 is 14.1 Å². The first-order chi connectivity index (χ1) is 11.7. The summed E-state index contributed by atoms with van der Waals surface area (Å²) in [7, 11) is 0. The lowest BCUT2D eigenvalue weighted by Crippen LogP contribution is -2.32. The molecule has 0 radical (unpaired) electrons. The second kappa shape index (κ2) is 6.36. The SMILES string of the molecule is Cc1nnc(C[C@@H]2C[C@H]3CN(C(=O)Cc4ccccc4)C[C@H]3O2)o1. The number of aromatic nitrogens is 2. The maximum Gasteiger partial charge on any atom is 0.227 e. The summed E-state index contributed by atoms with van der Waals surface area (Å²) in [5, 5.41) is 7.88. The molecule has 2 aliphatic heterocycles. The van der Waals surface area contributed by atoms with Gasteiger partial charge in [0.1, 0.15) is 0 Å². The van der Waals surface area contributed by atoms with E-state index in [0.29, 0.717) is 37.1 Å². The molecule has 126 valence electrons. The van der Waals surface area contributed by atoms with Crippen molar-refractivity contribution in [2.45, 2.75) is 38.4 Å². The van der Waals surface area contributed by atoms with Gasteiger partial charge in [-0.25, -0.2) is 0 Å². The molecular weight excluding hydrogens is 306 g/mol. The molecule has 0 spiro atoms. The summed E-state index contributed by atoms with van der Waals surface area (Å²) >= 11 is 0. The molecule has 2 aromatic rings. The van der Waals surface area contributed by atoms with E-state index in [1.54, 1.807) is 6.92 Å². The molecule has 2 saturated heterocycles. The normalized spacial score (nSPS) is 25.9. The fourth-order valence-corrected chi connectivity index (χ4v) is 3.69. The number of likely N-dealkylation sites (tertiary alicyclic amines) is 1. The smallest absolute Gasteiger partial charge is 0.227 e. The summed E-state index contributed by atoms with van der Waals surface area (Å²) in [4.78, 5) is 14.4. The maximum absolute atomic E-state index is 12.5. The van der Waals surface area contributed by atoms with E-state index in [4.69, 9.17) is 9.15 Å². The molecule has 0 bridgehead atoms. The number of amides is 1. The van der Waals surface area contributed by atoms with Gasteiger partial charge in [-0.3, -0.25) is 4.79 Å². The van der Waals surface area contributed by atoms with E-state index in [9.17, 15) is 4.79 Å². The van der Waals surface area contributed by atoms with Crippen LogP contribution in [0.15, 0.2) is 34.7 Å². The molecule has 0 N–H and O–H groups in total. The quantitative estimate of drug-likeness (QED) is 0.856. The van der Waals surface area contributed by atoms with E-state index < -0.39 is 0 Å². The fourth-order valence-electron chi connectivity index (χ4n) is 3.69. The topological polar surface area (TPSA) is 68.5 Å². The van der Waals surface area contributed by atoms with Gasteiger partial charge in [0.05, 0.1) is 25.0 Å². The Morgan fingerprint density at radius 3 is 2.79 bits per heavy atom. The van der Waals surface area contributed by atoms with Crippen LogP contribution in [-0.4, -0.2) is 46.3 Å². The van der Waals surface area contributed by atoms with Crippen LogP contribution in [0.4, 0.5) is 0 Å². The minimum Gasteiger partial charge on any atom is -0.426 e. The van der Waals surface area contributed by atoms with Crippen LogP contribution in [0.3, 0.4) is 0 Å². The first-order valence-electron chi connectivity index (χ1n) is 8.43. The summed E-state index contributed by atoms with van der Waals surface area (Å²) < 4.78 is 11.5. The molecule has 1 aromatic carbocycles. The minimum atomic E-state index is 0.117. The number of benzene rings is 1. The van der Waals surface area contributed by atoms with Crippen molar-refractivity contribution < 1.29 is 13.9 Å². The highest BCUT2D eigenvalue weighted by molar-refractivity contribution is 5.79. The summed E-state index contributed by atoms with van der Waals surface area (Å²) in [6.45, 7) is 3.27. The lowest BCUT2D eigenvalue weighted by molar-refractivity contribution is -0.130. The van der Waals surface area contributed by atoms with E-state index in [2.05, 4.69) is 10.2 Å². The standard InChI is InChI=1S/C18H21N3O3/c1-12-19-20-17(23-12)9-15-8-14-10-21(11-16(14)24-15)18(22)7-13-5-3-2-4-6-13/h2-6,14-16H,7-11H2,1H3/t14-,15-,16+/m0/s1. The zero-order chi connectivity index (χ0) is 16.5. The lowest BCUT2D eigenvalue weighted by Gasteiger charge is -2.19. The van der Waals surface area contributed by atoms with Crippen LogP contribution < -0.4 is 0 Å². The van der Waals surface area contributed by atoms with Gasteiger partial charge in [0.25, 0.3) is 0 Å². The summed E-state index contributed by atoms with van der Waals surface area (Å²) in [6, 6.07) is 9.89. The number of rotatable bonds is 4. The first-order valence-corrected chi connectivity index (χ1v) is 8.43. The monoisotopic (exact) mass is 327 g/mol. The van der Waals surface area contributed by atoms with Crippen LogP contribution in [-0.2, 0) is 22.4 Å². The summed E-state index contributed by atoms with van der Waals surface area (Å²) in [5.41, 5.74) is 1.06. The fraction of sp³-hybridized carbons (Fsp3) is 0.500. The molecule has 6 heteroatoms. The molecule has 0 aliphatic carbocycles. The van der Waals surface area contributed by atoms with Gasteiger partial charge in [-0.05, 0) is 12.0 Å². The molecule has 6 nitrogen and oxygen atoms in total. The lowest BCUT2D eigenvalue weighted by atomic mass is 10.0. The van der Waals surface area contributed by atoms with E-state index >= 15 is 0 Å². The Hall–Kier alpha value is -2.21. The highest BCUT2D eigenvalue weighted by Crippen LogP contribution is 2.34. The van der Waals surface area contributed by atoms with Crippen LogP contribution in [0.25, 0.3) is 0 Å². The third-order valence-corrected chi connectivity index (χ3v) is 4.83. The van der Waals surface area contributed by atoms with Crippen molar-refractivity contribution in [1.29, 1.82) is 0 Å². The molecule has 4 rings (SSSR count). The molecule has 0 saturated carbocycles. The van der Waals surface area contributed by atoms with Crippen molar-refractivity contribution in [1.82, 2.24) is 15.1 Å². The van der Waals surface area contributed by atoms with Gasteiger partial charge in [-0.15, -0.1) is 10.2 Å². The first kappa shape index (κ1) is 15.3. The molecule has 0 unspecified atom stereocenters. The third kappa shape index (κ3) is 3.19. The summed E-state index contributed by atoms with van der Waals surface area (Å²) in [6.07, 6.45) is 2.32. The van der Waals surface area contributed by atoms with Crippen molar-refractivity contribution in [3.05, 3.63) is 47.7 Å². The van der Waals surface area contributed by atoms with Gasteiger partial charge >= 0.3 is 0 Å². The second-order valence-electron chi connectivity index (χ2n) is 6.67. The van der Waals surface area contributed by atoms with Crippen LogP contribution in [0.2, 0.25) is 0 Å². The van der Waals surface area contributed by atoms with Gasteiger partial charge in [0, 0.05) is 25.9 Å². The van der Waals surface area contributed by atoms with Gasteiger partial charge in [-0.2, -0.15) is 0 Å². The molecule has 2 fully saturated rings. The average Bonchev–Trinajstić information content (AvgIpc) is 3.23. The van der Waals surface area contributed by atoms with Gasteiger partial charge in [0.15, 0.2) is 0 Å². The van der Waals surface area contributed by atoms with Crippen LogP contribution in [0, 0.1) is 12.8 Å². The van der Waals surface area contributed by atoms with Crippen LogP contribution in [0.5, 0.6) is 0 Å². The van der Waals surface area contributed by atoms with Crippen molar-refractivity contribution in [2.75, 3.05) is 13.1 Å². The van der Waals surface area contributed by atoms with Crippen molar-refractivity contribution in [3.8, 4) is 0 Å². The Balaban J connectivity index is 1.30. The van der Waals surface area contributed by atoms with Gasteiger partial charge in [0.2, 0.25) is 17.7 Å². The predicted molar refractivity (Wildman–Crippen MR) is 86.2 cm³/mol. The summed E-state index contributed by atoms with van der Waals surface area (Å²) in [5.74, 6) is 1.82. The zero-order valence-corrected chi connectivity index (χ0v) is 13.7. The molecule has 3 heterocycles. The van der Waals surface area contributed by atoms with Crippen molar-refractivity contribution in [3.63, 3.8) is 0 Å². The molecule has 1 aromatic heterocycles. The number of ether oxygens (including phenoxy) is 1. The maximum atomic E-state index is 12.5. The van der Waals surface area contributed by atoms with Crippen molar-refractivity contribution >= 4 is 5.91 Å². The Morgan fingerprint density at radius 2 is 2.08 bits per heavy atom. The molecule has 24 heavy (non-hydrogen) atoms. The molecule has 2 aliphatic rings. The molecule has 3 atom stereocenters. The number of hydrogen-bond donors (Lipinski definition) is 0. The Kier molecular flexibility index (Phi) is 4.06. The van der Waals surface area contributed by atoms with E-state index in [1.165, 1.54) is 0 Å². The minimum absolute atomic E-state index is 0.117. The van der Waals surface area contributed by atoms with E-state index in [1.807, 2.05) is 35.2 Å². The average molecular weight is 327 g/mol. The molecular formula is C18H21N3O3. The van der Waals surface area contributed by atoms with Crippen LogP contribution >= 0.6 is 0 Å².